The van der Waals surface area contributed by atoms with Crippen LogP contribution in [-0.4, -0.2) is 52.2 Å². The number of aromatic amines is 1. The van der Waals surface area contributed by atoms with Crippen LogP contribution in [0.3, 0.4) is 0 Å². The number of likely N-dealkylation sites (tertiary alicyclic amines) is 1. The van der Waals surface area contributed by atoms with Crippen LogP contribution >= 0.6 is 0 Å². The molecule has 0 saturated carbocycles. The smallest absolute Gasteiger partial charge is 0.409 e. The van der Waals surface area contributed by atoms with Gasteiger partial charge in [-0.1, -0.05) is 12.1 Å². The monoisotopic (exact) mass is 346 g/mol. The highest BCUT2D eigenvalue weighted by atomic mass is 16.6. The van der Waals surface area contributed by atoms with Crippen LogP contribution in [0.2, 0.25) is 0 Å². The summed E-state index contributed by atoms with van der Waals surface area (Å²) in [4.78, 5) is 40.4. The molecule has 2 amide bonds. The molecule has 8 heteroatoms. The van der Waals surface area contributed by atoms with Gasteiger partial charge in [0.15, 0.2) is 0 Å². The number of hydrogen-bond donors (Lipinski definition) is 2. The molecule has 1 aromatic heterocycles. The lowest BCUT2D eigenvalue weighted by Gasteiger charge is -2.31. The summed E-state index contributed by atoms with van der Waals surface area (Å²) >= 11 is 0. The van der Waals surface area contributed by atoms with Gasteiger partial charge in [-0.15, -0.1) is 0 Å². The molecular weight excluding hydrogens is 324 g/mol. The number of aromatic nitrogens is 2. The maximum atomic E-state index is 12.3. The van der Waals surface area contributed by atoms with Gasteiger partial charge in [0.05, 0.1) is 17.6 Å². The van der Waals surface area contributed by atoms with Gasteiger partial charge in [-0.25, -0.2) is 9.59 Å². The topological polar surface area (TPSA) is 96.4 Å². The summed E-state index contributed by atoms with van der Waals surface area (Å²) in [5.41, 5.74) is 1.12. The van der Waals surface area contributed by atoms with E-state index in [1.165, 1.54) is 4.57 Å². The number of rotatable bonds is 4. The van der Waals surface area contributed by atoms with Crippen molar-refractivity contribution in [2.75, 3.05) is 19.7 Å². The minimum atomic E-state index is -0.308. The first-order valence-electron chi connectivity index (χ1n) is 8.47. The molecule has 2 N–H and O–H groups in total. The standard InChI is InChI=1S/C17H22N4O4/c1-2-25-17(24)20-9-7-12(8-10-20)18-15(22)11-21-14-6-4-3-5-13(14)19-16(21)23/h3-6,12H,2,7-11H2,1H3,(H,18,22)(H,19,23). The molecule has 8 nitrogen and oxygen atoms in total. The number of nitrogens with zero attached hydrogens (tertiary/aromatic N) is 2. The van der Waals surface area contributed by atoms with Gasteiger partial charge >= 0.3 is 11.8 Å². The minimum absolute atomic E-state index is 0.000848. The first-order valence-corrected chi connectivity index (χ1v) is 8.47. The third kappa shape index (κ3) is 3.84. The zero-order chi connectivity index (χ0) is 17.8. The fraction of sp³-hybridized carbons (Fsp3) is 0.471. The Hall–Kier alpha value is -2.77. The summed E-state index contributed by atoms with van der Waals surface area (Å²) in [5, 5.41) is 2.95. The molecule has 1 saturated heterocycles. The largest absolute Gasteiger partial charge is 0.450 e. The highest BCUT2D eigenvalue weighted by Gasteiger charge is 2.24. The first kappa shape index (κ1) is 17.1. The van der Waals surface area contributed by atoms with E-state index in [0.717, 1.165) is 0 Å². The van der Waals surface area contributed by atoms with E-state index in [1.54, 1.807) is 24.0 Å². The molecule has 1 aliphatic heterocycles. The van der Waals surface area contributed by atoms with Crippen LogP contribution in [-0.2, 0) is 16.1 Å². The van der Waals surface area contributed by atoms with E-state index in [9.17, 15) is 14.4 Å². The number of benzene rings is 1. The zero-order valence-electron chi connectivity index (χ0n) is 14.2. The van der Waals surface area contributed by atoms with Crippen molar-refractivity contribution in [2.24, 2.45) is 0 Å². The van der Waals surface area contributed by atoms with Crippen molar-refractivity contribution in [1.29, 1.82) is 0 Å². The summed E-state index contributed by atoms with van der Waals surface area (Å²) in [7, 11) is 0. The van der Waals surface area contributed by atoms with E-state index in [-0.39, 0.29) is 30.3 Å². The Balaban J connectivity index is 1.56. The van der Waals surface area contributed by atoms with E-state index >= 15 is 0 Å². The molecule has 0 radical (unpaired) electrons. The van der Waals surface area contributed by atoms with Gasteiger partial charge in [-0.3, -0.25) is 9.36 Å². The predicted molar refractivity (Wildman–Crippen MR) is 92.3 cm³/mol. The van der Waals surface area contributed by atoms with E-state index in [2.05, 4.69) is 10.3 Å². The Morgan fingerprint density at radius 1 is 1.28 bits per heavy atom. The molecule has 134 valence electrons. The van der Waals surface area contributed by atoms with Gasteiger partial charge in [0.1, 0.15) is 6.54 Å². The predicted octanol–water partition coefficient (Wildman–Crippen LogP) is 1.07. The average Bonchev–Trinajstić information content (AvgIpc) is 2.91. The zero-order valence-corrected chi connectivity index (χ0v) is 14.2. The molecule has 1 fully saturated rings. The molecule has 1 aliphatic rings. The molecular formula is C17H22N4O4. The van der Waals surface area contributed by atoms with Crippen LogP contribution in [0.15, 0.2) is 29.1 Å². The van der Waals surface area contributed by atoms with Crippen LogP contribution < -0.4 is 11.0 Å². The number of fused-ring (bicyclic) bond motifs is 1. The lowest BCUT2D eigenvalue weighted by molar-refractivity contribution is -0.122. The number of H-pyrrole nitrogens is 1. The second kappa shape index (κ2) is 7.42. The quantitative estimate of drug-likeness (QED) is 0.865. The van der Waals surface area contributed by atoms with E-state index < -0.39 is 0 Å². The number of carbonyl (C=O) groups excluding carboxylic acids is 2. The van der Waals surface area contributed by atoms with Crippen molar-refractivity contribution < 1.29 is 14.3 Å². The number of carbonyl (C=O) groups is 2. The summed E-state index contributed by atoms with van der Waals surface area (Å²) in [5.74, 6) is -0.207. The van der Waals surface area contributed by atoms with E-state index in [4.69, 9.17) is 4.74 Å². The highest BCUT2D eigenvalue weighted by molar-refractivity contribution is 5.80. The third-order valence-corrected chi connectivity index (χ3v) is 4.37. The van der Waals surface area contributed by atoms with Crippen molar-refractivity contribution in [3.8, 4) is 0 Å². The minimum Gasteiger partial charge on any atom is -0.450 e. The molecule has 3 rings (SSSR count). The van der Waals surface area contributed by atoms with Crippen molar-refractivity contribution >= 4 is 23.0 Å². The van der Waals surface area contributed by atoms with Crippen LogP contribution in [0.25, 0.3) is 11.0 Å². The Morgan fingerprint density at radius 2 is 2.00 bits per heavy atom. The number of hydrogen-bond acceptors (Lipinski definition) is 4. The first-order chi connectivity index (χ1) is 12.1. The maximum Gasteiger partial charge on any atom is 0.409 e. The molecule has 0 spiro atoms. The van der Waals surface area contributed by atoms with Gasteiger partial charge in [-0.2, -0.15) is 0 Å². The summed E-state index contributed by atoms with van der Waals surface area (Å²) in [6, 6.07) is 7.27. The maximum absolute atomic E-state index is 12.3. The second-order valence-electron chi connectivity index (χ2n) is 6.06. The van der Waals surface area contributed by atoms with Gasteiger partial charge in [0.2, 0.25) is 5.91 Å². The highest BCUT2D eigenvalue weighted by Crippen LogP contribution is 2.12. The van der Waals surface area contributed by atoms with E-state index in [1.807, 2.05) is 12.1 Å². The van der Waals surface area contributed by atoms with Gasteiger partial charge in [0.25, 0.3) is 0 Å². The molecule has 2 aromatic rings. The van der Waals surface area contributed by atoms with Crippen molar-refractivity contribution in [2.45, 2.75) is 32.4 Å². The van der Waals surface area contributed by atoms with Gasteiger partial charge in [-0.05, 0) is 31.9 Å². The normalized spacial score (nSPS) is 15.3. The molecule has 0 bridgehead atoms. The fourth-order valence-electron chi connectivity index (χ4n) is 3.10. The van der Waals surface area contributed by atoms with Crippen molar-refractivity contribution in [1.82, 2.24) is 19.8 Å². The number of nitrogens with one attached hydrogen (secondary N) is 2. The lowest BCUT2D eigenvalue weighted by Crippen LogP contribution is -2.47. The lowest BCUT2D eigenvalue weighted by atomic mass is 10.1. The number of piperidine rings is 1. The summed E-state index contributed by atoms with van der Waals surface area (Å²) in [6.45, 7) is 3.21. The van der Waals surface area contributed by atoms with Crippen LogP contribution in [0.1, 0.15) is 19.8 Å². The molecule has 1 aromatic carbocycles. The SMILES string of the molecule is CCOC(=O)N1CCC(NC(=O)Cn2c(=O)[nH]c3ccccc32)CC1. The molecule has 0 aliphatic carbocycles. The number of ether oxygens (including phenoxy) is 1. The second-order valence-corrected chi connectivity index (χ2v) is 6.06. The van der Waals surface area contributed by atoms with E-state index in [0.29, 0.717) is 43.6 Å². The van der Waals surface area contributed by atoms with Crippen molar-refractivity contribution in [3.05, 3.63) is 34.7 Å². The van der Waals surface area contributed by atoms with Gasteiger partial charge < -0.3 is 19.9 Å². The molecule has 2 heterocycles. The Bertz CT molecular complexity index is 817. The fourth-order valence-corrected chi connectivity index (χ4v) is 3.10. The van der Waals surface area contributed by atoms with Crippen LogP contribution in [0.5, 0.6) is 0 Å². The molecule has 0 unspecified atom stereocenters. The molecule has 25 heavy (non-hydrogen) atoms. The molecule has 0 atom stereocenters. The van der Waals surface area contributed by atoms with Crippen LogP contribution in [0.4, 0.5) is 4.79 Å². The van der Waals surface area contributed by atoms with Crippen molar-refractivity contribution in [3.63, 3.8) is 0 Å². The Labute approximate surface area is 144 Å². The Morgan fingerprint density at radius 3 is 2.72 bits per heavy atom. The number of amides is 2. The third-order valence-electron chi connectivity index (χ3n) is 4.37. The Kier molecular flexibility index (Phi) is 5.06. The summed E-state index contributed by atoms with van der Waals surface area (Å²) < 4.78 is 6.41. The number of imidazole rings is 1. The van der Waals surface area contributed by atoms with Crippen LogP contribution in [0, 0.1) is 0 Å². The average molecular weight is 346 g/mol. The summed E-state index contributed by atoms with van der Waals surface area (Å²) in [6.07, 6.45) is 1.04. The van der Waals surface area contributed by atoms with Gasteiger partial charge in [0, 0.05) is 19.1 Å². The number of para-hydroxylation sites is 2.